The Bertz CT molecular complexity index is 1280. The third-order valence-corrected chi connectivity index (χ3v) is 5.65. The number of ether oxygens (including phenoxy) is 1. The second kappa shape index (κ2) is 11.4. The van der Waals surface area contributed by atoms with Crippen LogP contribution in [0.1, 0.15) is 20.7 Å². The molecule has 0 saturated carbocycles. The number of carbonyl (C=O) groups excluding carboxylic acids is 2. The number of carbonyl (C=O) groups is 2. The molecule has 2 amide bonds. The molecule has 0 radical (unpaired) electrons. The Labute approximate surface area is 212 Å². The van der Waals surface area contributed by atoms with E-state index in [0.717, 1.165) is 0 Å². The number of nitro groups is 1. The van der Waals surface area contributed by atoms with Gasteiger partial charge in [0.25, 0.3) is 17.5 Å². The Kier molecular flexibility index (Phi) is 7.83. The molecule has 0 aromatic heterocycles. The molecule has 1 fully saturated rings. The highest BCUT2D eigenvalue weighted by Gasteiger charge is 2.23. The second-order valence-corrected chi connectivity index (χ2v) is 8.27. The van der Waals surface area contributed by atoms with Crippen molar-refractivity contribution in [1.82, 2.24) is 5.32 Å². The van der Waals surface area contributed by atoms with Crippen molar-refractivity contribution in [3.8, 4) is 0 Å². The van der Waals surface area contributed by atoms with Crippen LogP contribution in [0.5, 0.6) is 0 Å². The monoisotopic (exact) mass is 505 g/mol. The zero-order valence-electron chi connectivity index (χ0n) is 19.1. The van der Waals surface area contributed by atoms with Crippen molar-refractivity contribution in [2.75, 3.05) is 41.8 Å². The summed E-state index contributed by atoms with van der Waals surface area (Å²) < 4.78 is 5.30. The van der Waals surface area contributed by atoms with Crippen molar-refractivity contribution in [3.63, 3.8) is 0 Å². The summed E-state index contributed by atoms with van der Waals surface area (Å²) in [6.45, 7) is 2.05. The normalized spacial score (nSPS) is 12.9. The lowest BCUT2D eigenvalue weighted by molar-refractivity contribution is -0.384. The van der Waals surface area contributed by atoms with Crippen LogP contribution in [-0.4, -0.2) is 48.2 Å². The molecule has 36 heavy (non-hydrogen) atoms. The zero-order chi connectivity index (χ0) is 25.5. The Hall–Kier alpha value is -4.35. The van der Waals surface area contributed by atoms with Gasteiger partial charge in [0, 0.05) is 41.7 Å². The molecule has 0 spiro atoms. The van der Waals surface area contributed by atoms with Gasteiger partial charge in [-0.2, -0.15) is 0 Å². The fraction of sp³-hybridized carbons (Fsp3) is 0.160. The van der Waals surface area contributed by atoms with Crippen molar-refractivity contribution in [1.29, 1.82) is 0 Å². The Morgan fingerprint density at radius 2 is 1.50 bits per heavy atom. The maximum Gasteiger partial charge on any atom is 0.293 e. The summed E-state index contributed by atoms with van der Waals surface area (Å²) in [4.78, 5) is 37.9. The standard InChI is InChI=1S/C25H23N5O5S/c31-23(17-4-2-1-3-5-17)26-19-7-9-20(10-8-19)27-25(36)28-24(32)18-6-11-21(22(16-18)30(33)34)29-12-14-35-15-13-29/h1-11,16H,12-15H2,(H,26,31)(H2,27,28,32,36). The van der Waals surface area contributed by atoms with E-state index in [-0.39, 0.29) is 22.3 Å². The number of amides is 2. The predicted molar refractivity (Wildman–Crippen MR) is 141 cm³/mol. The van der Waals surface area contributed by atoms with Crippen molar-refractivity contribution in [3.05, 3.63) is 94.0 Å². The summed E-state index contributed by atoms with van der Waals surface area (Å²) in [6, 6.07) is 20.0. The highest BCUT2D eigenvalue weighted by atomic mass is 32.1. The van der Waals surface area contributed by atoms with Gasteiger partial charge >= 0.3 is 0 Å². The Balaban J connectivity index is 1.36. The summed E-state index contributed by atoms with van der Waals surface area (Å²) in [6.07, 6.45) is 0. The quantitative estimate of drug-likeness (QED) is 0.262. The first-order valence-corrected chi connectivity index (χ1v) is 11.5. The lowest BCUT2D eigenvalue weighted by Crippen LogP contribution is -2.37. The molecule has 3 aromatic carbocycles. The van der Waals surface area contributed by atoms with Gasteiger partial charge < -0.3 is 20.3 Å². The van der Waals surface area contributed by atoms with E-state index in [0.29, 0.717) is 48.9 Å². The van der Waals surface area contributed by atoms with E-state index >= 15 is 0 Å². The number of benzene rings is 3. The number of rotatable bonds is 6. The van der Waals surface area contributed by atoms with Crippen molar-refractivity contribution in [2.45, 2.75) is 0 Å². The van der Waals surface area contributed by atoms with E-state index in [1.807, 2.05) is 11.0 Å². The van der Waals surface area contributed by atoms with Crippen LogP contribution in [0, 0.1) is 10.1 Å². The summed E-state index contributed by atoms with van der Waals surface area (Å²) in [7, 11) is 0. The number of hydrogen-bond donors (Lipinski definition) is 3. The molecule has 184 valence electrons. The molecular weight excluding hydrogens is 482 g/mol. The second-order valence-electron chi connectivity index (χ2n) is 7.87. The van der Waals surface area contributed by atoms with Crippen molar-refractivity contribution in [2.24, 2.45) is 0 Å². The van der Waals surface area contributed by atoms with Crippen molar-refractivity contribution >= 4 is 51.9 Å². The van der Waals surface area contributed by atoms with Gasteiger partial charge in [-0.1, -0.05) is 18.2 Å². The molecule has 1 aliphatic rings. The molecular formula is C25H23N5O5S. The lowest BCUT2D eigenvalue weighted by atomic mass is 10.1. The summed E-state index contributed by atoms with van der Waals surface area (Å²) in [5.41, 5.74) is 2.13. The molecule has 0 aliphatic carbocycles. The van der Waals surface area contributed by atoms with Crippen LogP contribution in [0.25, 0.3) is 0 Å². The van der Waals surface area contributed by atoms with E-state index in [9.17, 15) is 19.7 Å². The molecule has 1 heterocycles. The first-order chi connectivity index (χ1) is 17.4. The Morgan fingerprint density at radius 1 is 0.861 bits per heavy atom. The maximum absolute atomic E-state index is 12.7. The van der Waals surface area contributed by atoms with E-state index in [2.05, 4.69) is 16.0 Å². The average molecular weight is 506 g/mol. The topological polar surface area (TPSA) is 126 Å². The average Bonchev–Trinajstić information content (AvgIpc) is 2.90. The van der Waals surface area contributed by atoms with Gasteiger partial charge in [0.05, 0.1) is 18.1 Å². The smallest absolute Gasteiger partial charge is 0.293 e. The van der Waals surface area contributed by atoms with E-state index in [1.54, 1.807) is 54.6 Å². The van der Waals surface area contributed by atoms with Crippen LogP contribution in [0.15, 0.2) is 72.8 Å². The minimum Gasteiger partial charge on any atom is -0.378 e. The van der Waals surface area contributed by atoms with Crippen LogP contribution < -0.4 is 20.9 Å². The van der Waals surface area contributed by atoms with Crippen LogP contribution in [-0.2, 0) is 4.74 Å². The number of thiocarbonyl (C=S) groups is 1. The van der Waals surface area contributed by atoms with Crippen LogP contribution >= 0.6 is 12.2 Å². The van der Waals surface area contributed by atoms with Gasteiger partial charge in [-0.15, -0.1) is 0 Å². The molecule has 10 nitrogen and oxygen atoms in total. The SMILES string of the molecule is O=C(NC(=S)Nc1ccc(NC(=O)c2ccccc2)cc1)c1ccc(N2CCOCC2)c([N+](=O)[O-])c1. The number of nitrogens with zero attached hydrogens (tertiary/aromatic N) is 2. The van der Waals surface area contributed by atoms with Gasteiger partial charge in [-0.05, 0) is 60.7 Å². The first-order valence-electron chi connectivity index (χ1n) is 11.1. The molecule has 3 N–H and O–H groups in total. The molecule has 4 rings (SSSR count). The maximum atomic E-state index is 12.7. The van der Waals surface area contributed by atoms with E-state index < -0.39 is 10.8 Å². The van der Waals surface area contributed by atoms with Crippen molar-refractivity contribution < 1.29 is 19.2 Å². The van der Waals surface area contributed by atoms with E-state index in [4.69, 9.17) is 17.0 Å². The van der Waals surface area contributed by atoms with Gasteiger partial charge in [0.1, 0.15) is 5.69 Å². The summed E-state index contributed by atoms with van der Waals surface area (Å²) in [5, 5.41) is 19.9. The van der Waals surface area contributed by atoms with Gasteiger partial charge in [0.15, 0.2) is 5.11 Å². The van der Waals surface area contributed by atoms with E-state index in [1.165, 1.54) is 12.1 Å². The minimum atomic E-state index is -0.573. The fourth-order valence-corrected chi connectivity index (χ4v) is 3.86. The van der Waals surface area contributed by atoms with Gasteiger partial charge in [0.2, 0.25) is 0 Å². The third-order valence-electron chi connectivity index (χ3n) is 5.45. The van der Waals surface area contributed by atoms with Crippen LogP contribution in [0.2, 0.25) is 0 Å². The largest absolute Gasteiger partial charge is 0.378 e. The number of hydrogen-bond acceptors (Lipinski definition) is 7. The number of nitrogens with one attached hydrogen (secondary N) is 3. The van der Waals surface area contributed by atoms with Gasteiger partial charge in [-0.3, -0.25) is 25.0 Å². The van der Waals surface area contributed by atoms with Crippen LogP contribution in [0.3, 0.4) is 0 Å². The number of anilines is 3. The van der Waals surface area contributed by atoms with Crippen LogP contribution in [0.4, 0.5) is 22.7 Å². The molecule has 0 atom stereocenters. The lowest BCUT2D eigenvalue weighted by Gasteiger charge is -2.28. The molecule has 0 bridgehead atoms. The zero-order valence-corrected chi connectivity index (χ0v) is 19.9. The third kappa shape index (κ3) is 6.20. The summed E-state index contributed by atoms with van der Waals surface area (Å²) >= 11 is 5.22. The number of morpholine rings is 1. The molecule has 0 unspecified atom stereocenters. The molecule has 3 aromatic rings. The number of nitro benzene ring substituents is 1. The minimum absolute atomic E-state index is 0.0287. The molecule has 11 heteroatoms. The highest BCUT2D eigenvalue weighted by Crippen LogP contribution is 2.30. The highest BCUT2D eigenvalue weighted by molar-refractivity contribution is 7.80. The Morgan fingerprint density at radius 3 is 2.14 bits per heavy atom. The van der Waals surface area contributed by atoms with Gasteiger partial charge in [-0.25, -0.2) is 0 Å². The fourth-order valence-electron chi connectivity index (χ4n) is 3.65. The molecule has 1 aliphatic heterocycles. The summed E-state index contributed by atoms with van der Waals surface area (Å²) in [5.74, 6) is -0.802. The molecule has 1 saturated heterocycles. The predicted octanol–water partition coefficient (Wildman–Crippen LogP) is 3.81. The first kappa shape index (κ1) is 24.8.